The maximum absolute atomic E-state index is 6.38. The molecule has 0 aliphatic rings. The lowest BCUT2D eigenvalue weighted by molar-refractivity contribution is 1.10. The first-order chi connectivity index (χ1) is 8.66. The summed E-state index contributed by atoms with van der Waals surface area (Å²) in [6, 6.07) is 7.26. The molecule has 0 radical (unpaired) electrons. The second-order valence-corrected chi connectivity index (χ2v) is 4.59. The topological polar surface area (TPSA) is 67.6 Å². The van der Waals surface area contributed by atoms with Gasteiger partial charge in [-0.1, -0.05) is 29.3 Å². The summed E-state index contributed by atoms with van der Waals surface area (Å²) in [5, 5.41) is 8.43. The summed E-state index contributed by atoms with van der Waals surface area (Å²) in [7, 11) is 0. The molecule has 2 heterocycles. The minimum absolute atomic E-state index is 0.439. The summed E-state index contributed by atoms with van der Waals surface area (Å²) in [4.78, 5) is 4.21. The van der Waals surface area contributed by atoms with Gasteiger partial charge >= 0.3 is 0 Å². The lowest BCUT2D eigenvalue weighted by Crippen LogP contribution is -1.89. The quantitative estimate of drug-likeness (QED) is 0.670. The van der Waals surface area contributed by atoms with Crippen LogP contribution in [-0.4, -0.2) is 15.2 Å². The highest BCUT2D eigenvalue weighted by Crippen LogP contribution is 2.35. The fraction of sp³-hybridized carbons (Fsp3) is 0. The number of nitrogen functional groups attached to an aromatic ring is 1. The first-order valence-corrected chi connectivity index (χ1v) is 5.96. The van der Waals surface area contributed by atoms with Crippen molar-refractivity contribution in [3.05, 3.63) is 40.6 Å². The summed E-state index contributed by atoms with van der Waals surface area (Å²) in [6.45, 7) is 0. The molecule has 0 bridgehead atoms. The van der Waals surface area contributed by atoms with Crippen molar-refractivity contribution in [3.63, 3.8) is 0 Å². The van der Waals surface area contributed by atoms with E-state index in [9.17, 15) is 0 Å². The van der Waals surface area contributed by atoms with Crippen LogP contribution < -0.4 is 5.73 Å². The summed E-state index contributed by atoms with van der Waals surface area (Å²) >= 11 is 12.2. The predicted octanol–water partition coefficient (Wildman–Crippen LogP) is 3.51. The van der Waals surface area contributed by atoms with Crippen LogP contribution in [0.2, 0.25) is 10.2 Å². The third kappa shape index (κ3) is 1.70. The van der Waals surface area contributed by atoms with Crippen LogP contribution >= 0.6 is 23.2 Å². The summed E-state index contributed by atoms with van der Waals surface area (Å²) in [6.07, 6.45) is 1.64. The summed E-state index contributed by atoms with van der Waals surface area (Å²) < 4.78 is 0. The van der Waals surface area contributed by atoms with Gasteiger partial charge in [0.1, 0.15) is 11.0 Å². The van der Waals surface area contributed by atoms with E-state index in [1.54, 1.807) is 12.3 Å². The van der Waals surface area contributed by atoms with Gasteiger partial charge in [-0.3, -0.25) is 5.10 Å². The van der Waals surface area contributed by atoms with E-state index >= 15 is 0 Å². The zero-order valence-corrected chi connectivity index (χ0v) is 10.6. The maximum atomic E-state index is 6.38. The van der Waals surface area contributed by atoms with Gasteiger partial charge in [0.25, 0.3) is 0 Å². The first-order valence-electron chi connectivity index (χ1n) is 5.21. The van der Waals surface area contributed by atoms with Crippen molar-refractivity contribution in [1.29, 1.82) is 0 Å². The lowest BCUT2D eigenvalue weighted by atomic mass is 10.1. The van der Waals surface area contributed by atoms with Crippen LogP contribution in [0.15, 0.2) is 30.5 Å². The van der Waals surface area contributed by atoms with E-state index < -0.39 is 0 Å². The van der Waals surface area contributed by atoms with Crippen molar-refractivity contribution in [2.75, 3.05) is 5.73 Å². The van der Waals surface area contributed by atoms with Crippen LogP contribution in [0, 0.1) is 0 Å². The number of H-pyrrole nitrogens is 1. The fourth-order valence-corrected chi connectivity index (χ4v) is 2.34. The first kappa shape index (κ1) is 11.3. The molecule has 0 aliphatic heterocycles. The van der Waals surface area contributed by atoms with E-state index in [1.165, 1.54) is 0 Å². The van der Waals surface area contributed by atoms with Gasteiger partial charge in [-0.15, -0.1) is 0 Å². The number of anilines is 1. The third-order valence-corrected chi connectivity index (χ3v) is 3.35. The average molecular weight is 279 g/mol. The molecule has 3 N–H and O–H groups in total. The molecule has 0 unspecified atom stereocenters. The Kier molecular flexibility index (Phi) is 2.61. The largest absolute Gasteiger partial charge is 0.384 e. The van der Waals surface area contributed by atoms with Crippen LogP contribution in [0.25, 0.3) is 22.0 Å². The number of pyridine rings is 1. The molecule has 4 nitrogen and oxygen atoms in total. The Balaban J connectivity index is 2.30. The van der Waals surface area contributed by atoms with E-state index in [4.69, 9.17) is 28.9 Å². The summed E-state index contributed by atoms with van der Waals surface area (Å²) in [5.41, 5.74) is 8.14. The third-order valence-electron chi connectivity index (χ3n) is 2.73. The van der Waals surface area contributed by atoms with Gasteiger partial charge < -0.3 is 5.73 Å². The van der Waals surface area contributed by atoms with Crippen molar-refractivity contribution in [3.8, 4) is 11.1 Å². The number of hydrogen-bond acceptors (Lipinski definition) is 3. The van der Waals surface area contributed by atoms with Crippen LogP contribution in [0.5, 0.6) is 0 Å². The lowest BCUT2D eigenvalue weighted by Gasteiger charge is -2.06. The zero-order valence-electron chi connectivity index (χ0n) is 9.11. The van der Waals surface area contributed by atoms with E-state index in [1.807, 2.05) is 18.2 Å². The molecule has 0 fully saturated rings. The van der Waals surface area contributed by atoms with Crippen LogP contribution in [0.1, 0.15) is 0 Å². The number of halogens is 2. The normalized spacial score (nSPS) is 11.0. The van der Waals surface area contributed by atoms with Gasteiger partial charge in [-0.05, 0) is 18.2 Å². The summed E-state index contributed by atoms with van der Waals surface area (Å²) in [5.74, 6) is 0.484. The number of aromatic amines is 1. The molecular weight excluding hydrogens is 271 g/mol. The molecule has 0 saturated heterocycles. The van der Waals surface area contributed by atoms with E-state index in [0.29, 0.717) is 16.0 Å². The van der Waals surface area contributed by atoms with Crippen LogP contribution in [0.3, 0.4) is 0 Å². The molecule has 6 heteroatoms. The Labute approximate surface area is 113 Å². The van der Waals surface area contributed by atoms with E-state index in [2.05, 4.69) is 15.2 Å². The SMILES string of the molecule is Nc1[nH]ncc1-c1ccc2nc(Cl)ccc2c1Cl. The Morgan fingerprint density at radius 1 is 1.06 bits per heavy atom. The fourth-order valence-electron chi connectivity index (χ4n) is 1.86. The Bertz CT molecular complexity index is 736. The van der Waals surface area contributed by atoms with Gasteiger partial charge in [-0.2, -0.15) is 5.10 Å². The van der Waals surface area contributed by atoms with Crippen LogP contribution in [0.4, 0.5) is 5.82 Å². The second-order valence-electron chi connectivity index (χ2n) is 3.83. The molecule has 0 atom stereocenters. The van der Waals surface area contributed by atoms with Crippen molar-refractivity contribution in [2.45, 2.75) is 0 Å². The maximum Gasteiger partial charge on any atom is 0.129 e. The second kappa shape index (κ2) is 4.15. The monoisotopic (exact) mass is 278 g/mol. The molecule has 18 heavy (non-hydrogen) atoms. The number of rotatable bonds is 1. The zero-order chi connectivity index (χ0) is 12.7. The molecule has 0 saturated carbocycles. The standard InChI is InChI=1S/C12H8Cl2N4/c13-10-4-2-7-9(17-10)3-1-6(11(7)14)8-5-16-18-12(8)15/h1-5H,(H3,15,16,18). The number of nitrogens with one attached hydrogen (secondary N) is 1. The highest BCUT2D eigenvalue weighted by atomic mass is 35.5. The number of fused-ring (bicyclic) bond motifs is 1. The number of benzene rings is 1. The van der Waals surface area contributed by atoms with E-state index in [0.717, 1.165) is 22.0 Å². The molecule has 0 aliphatic carbocycles. The minimum Gasteiger partial charge on any atom is -0.384 e. The number of nitrogens with two attached hydrogens (primary N) is 1. The molecule has 90 valence electrons. The molecule has 3 aromatic rings. The number of nitrogens with zero attached hydrogens (tertiary/aromatic N) is 2. The molecule has 0 spiro atoms. The van der Waals surface area contributed by atoms with Crippen molar-refractivity contribution in [1.82, 2.24) is 15.2 Å². The van der Waals surface area contributed by atoms with Gasteiger partial charge in [0.05, 0.1) is 16.7 Å². The highest BCUT2D eigenvalue weighted by molar-refractivity contribution is 6.38. The van der Waals surface area contributed by atoms with Crippen molar-refractivity contribution >= 4 is 39.9 Å². The molecular formula is C12H8Cl2N4. The number of aromatic nitrogens is 3. The van der Waals surface area contributed by atoms with Gasteiger partial charge in [0, 0.05) is 16.5 Å². The Morgan fingerprint density at radius 2 is 1.89 bits per heavy atom. The Hall–Kier alpha value is -1.78. The smallest absolute Gasteiger partial charge is 0.129 e. The minimum atomic E-state index is 0.439. The molecule has 3 rings (SSSR count). The number of hydrogen-bond donors (Lipinski definition) is 2. The van der Waals surface area contributed by atoms with E-state index in [-0.39, 0.29) is 0 Å². The molecule has 0 amide bonds. The highest BCUT2D eigenvalue weighted by Gasteiger charge is 2.12. The van der Waals surface area contributed by atoms with Gasteiger partial charge in [0.15, 0.2) is 0 Å². The van der Waals surface area contributed by atoms with Gasteiger partial charge in [0.2, 0.25) is 0 Å². The van der Waals surface area contributed by atoms with Crippen molar-refractivity contribution < 1.29 is 0 Å². The van der Waals surface area contributed by atoms with Crippen LogP contribution in [-0.2, 0) is 0 Å². The average Bonchev–Trinajstić information content (AvgIpc) is 2.76. The van der Waals surface area contributed by atoms with Crippen molar-refractivity contribution in [2.24, 2.45) is 0 Å². The predicted molar refractivity (Wildman–Crippen MR) is 73.8 cm³/mol. The van der Waals surface area contributed by atoms with Gasteiger partial charge in [-0.25, -0.2) is 4.98 Å². The molecule has 2 aromatic heterocycles. The Morgan fingerprint density at radius 3 is 2.61 bits per heavy atom. The molecule has 1 aromatic carbocycles.